The molecule has 1 atom stereocenters. The molecule has 2 rings (SSSR count). The van der Waals surface area contributed by atoms with Crippen molar-refractivity contribution in [3.8, 4) is 0 Å². The Balaban J connectivity index is 1.86. The van der Waals surface area contributed by atoms with Gasteiger partial charge in [-0.3, -0.25) is 4.79 Å². The van der Waals surface area contributed by atoms with Crippen LogP contribution in [0.5, 0.6) is 0 Å². The molecule has 0 radical (unpaired) electrons. The Morgan fingerprint density at radius 2 is 1.87 bits per heavy atom. The van der Waals surface area contributed by atoms with E-state index in [2.05, 4.69) is 41.5 Å². The molecule has 4 nitrogen and oxygen atoms in total. The van der Waals surface area contributed by atoms with Crippen LogP contribution in [0.3, 0.4) is 0 Å². The Bertz CT molecular complexity index is 604. The van der Waals surface area contributed by atoms with Gasteiger partial charge in [0.05, 0.1) is 11.8 Å². The van der Waals surface area contributed by atoms with Crippen molar-refractivity contribution in [1.29, 1.82) is 0 Å². The van der Waals surface area contributed by atoms with E-state index in [-0.39, 0.29) is 11.9 Å². The first-order valence-corrected chi connectivity index (χ1v) is 10.4. The number of nitrogens with one attached hydrogen (secondary N) is 1. The number of amides is 1. The molecular formula is C16H21N3OS3. The highest BCUT2D eigenvalue weighted by atomic mass is 32.2. The van der Waals surface area contributed by atoms with Crippen LogP contribution in [0, 0.1) is 0 Å². The number of hydrogen-bond donors (Lipinski definition) is 1. The number of carbonyl (C=O) groups excluding carboxylic acids is 1. The van der Waals surface area contributed by atoms with E-state index in [1.165, 1.54) is 11.8 Å². The molecule has 2 aromatic rings. The molecule has 0 fully saturated rings. The fourth-order valence-corrected chi connectivity index (χ4v) is 4.83. The summed E-state index contributed by atoms with van der Waals surface area (Å²) in [7, 11) is 0. The number of rotatable bonds is 9. The van der Waals surface area contributed by atoms with Crippen molar-refractivity contribution >= 4 is 40.8 Å². The van der Waals surface area contributed by atoms with Gasteiger partial charge in [-0.25, -0.2) is 0 Å². The minimum absolute atomic E-state index is 0.0391. The Kier molecular flexibility index (Phi) is 7.91. The number of hydrogen-bond acceptors (Lipinski definition) is 6. The number of aromatic nitrogens is 2. The molecule has 0 saturated carbocycles. The van der Waals surface area contributed by atoms with Crippen LogP contribution in [0.1, 0.15) is 38.3 Å². The average molecular weight is 368 g/mol. The van der Waals surface area contributed by atoms with Crippen LogP contribution in [0.15, 0.2) is 39.0 Å². The van der Waals surface area contributed by atoms with E-state index < -0.39 is 0 Å². The first-order chi connectivity index (χ1) is 11.2. The molecule has 1 amide bonds. The molecule has 1 N–H and O–H groups in total. The van der Waals surface area contributed by atoms with Crippen LogP contribution in [0.25, 0.3) is 0 Å². The van der Waals surface area contributed by atoms with Crippen molar-refractivity contribution < 1.29 is 4.79 Å². The minimum atomic E-state index is 0.0391. The van der Waals surface area contributed by atoms with Gasteiger partial charge in [-0.05, 0) is 17.7 Å². The lowest BCUT2D eigenvalue weighted by Crippen LogP contribution is -2.29. The summed E-state index contributed by atoms with van der Waals surface area (Å²) in [5.74, 6) is 1.39. The second-order valence-corrected chi connectivity index (χ2v) is 8.59. The fraction of sp³-hybridized carbons (Fsp3) is 0.438. The van der Waals surface area contributed by atoms with Gasteiger partial charge in [0.2, 0.25) is 5.91 Å². The summed E-state index contributed by atoms with van der Waals surface area (Å²) < 4.78 is 1.81. The van der Waals surface area contributed by atoms with E-state index in [9.17, 15) is 4.79 Å². The normalized spacial score (nSPS) is 12.1. The summed E-state index contributed by atoms with van der Waals surface area (Å²) in [5.41, 5.74) is 1.16. The minimum Gasteiger partial charge on any atom is -0.349 e. The predicted molar refractivity (Wildman–Crippen MR) is 99.3 cm³/mol. The fourth-order valence-electron chi connectivity index (χ4n) is 2.10. The quantitative estimate of drug-likeness (QED) is 0.666. The molecule has 0 aliphatic carbocycles. The van der Waals surface area contributed by atoms with Gasteiger partial charge >= 0.3 is 0 Å². The van der Waals surface area contributed by atoms with E-state index in [0.29, 0.717) is 5.75 Å². The maximum Gasteiger partial charge on any atom is 0.230 e. The first-order valence-electron chi connectivity index (χ1n) is 7.66. The van der Waals surface area contributed by atoms with Crippen molar-refractivity contribution in [2.75, 3.05) is 11.5 Å². The number of nitrogens with zero attached hydrogens (tertiary/aromatic N) is 2. The molecule has 7 heteroatoms. The Morgan fingerprint density at radius 1 is 1.17 bits per heavy atom. The molecule has 0 unspecified atom stereocenters. The molecule has 0 spiro atoms. The Labute approximate surface area is 149 Å². The third-order valence-corrected chi connectivity index (χ3v) is 6.17. The van der Waals surface area contributed by atoms with Crippen LogP contribution in [-0.4, -0.2) is 27.6 Å². The van der Waals surface area contributed by atoms with Gasteiger partial charge in [-0.1, -0.05) is 85.5 Å². The summed E-state index contributed by atoms with van der Waals surface area (Å²) in [6.07, 6.45) is 1.97. The highest BCUT2D eigenvalue weighted by molar-refractivity contribution is 8.03. The molecule has 1 aromatic heterocycles. The van der Waals surface area contributed by atoms with Crippen LogP contribution in [0.4, 0.5) is 0 Å². The highest BCUT2D eigenvalue weighted by Gasteiger charge is 2.14. The Hall–Kier alpha value is -1.05. The zero-order chi connectivity index (χ0) is 16.5. The molecule has 1 aromatic carbocycles. The van der Waals surface area contributed by atoms with E-state index in [0.717, 1.165) is 32.8 Å². The lowest BCUT2D eigenvalue weighted by atomic mass is 10.0. The second kappa shape index (κ2) is 9.95. The number of thioether (sulfide) groups is 2. The zero-order valence-electron chi connectivity index (χ0n) is 13.3. The topological polar surface area (TPSA) is 54.9 Å². The van der Waals surface area contributed by atoms with Crippen molar-refractivity contribution in [3.63, 3.8) is 0 Å². The Morgan fingerprint density at radius 3 is 2.52 bits per heavy atom. The van der Waals surface area contributed by atoms with Crippen molar-refractivity contribution in [1.82, 2.24) is 15.5 Å². The van der Waals surface area contributed by atoms with Crippen molar-refractivity contribution in [2.45, 2.75) is 41.4 Å². The van der Waals surface area contributed by atoms with E-state index >= 15 is 0 Å². The molecule has 1 heterocycles. The standard InChI is InChI=1S/C16H21N3OS3/c1-3-8-13(12-9-6-5-7-10-12)17-14(20)11-22-16-19-18-15(23-16)21-4-2/h5-7,9-10,13H,3-4,8,11H2,1-2H3,(H,17,20)/t13-/m0/s1. The van der Waals surface area contributed by atoms with Gasteiger partial charge < -0.3 is 5.32 Å². The van der Waals surface area contributed by atoms with Gasteiger partial charge in [0, 0.05) is 0 Å². The second-order valence-electron chi connectivity index (χ2n) is 4.88. The van der Waals surface area contributed by atoms with Gasteiger partial charge in [0.1, 0.15) is 0 Å². The van der Waals surface area contributed by atoms with Crippen LogP contribution in [0.2, 0.25) is 0 Å². The van der Waals surface area contributed by atoms with Gasteiger partial charge in [-0.2, -0.15) is 0 Å². The van der Waals surface area contributed by atoms with E-state index in [1.54, 1.807) is 23.1 Å². The van der Waals surface area contributed by atoms with Crippen molar-refractivity contribution in [3.05, 3.63) is 35.9 Å². The summed E-state index contributed by atoms with van der Waals surface area (Å²) in [5, 5.41) is 11.3. The molecule has 0 saturated heterocycles. The zero-order valence-corrected chi connectivity index (χ0v) is 15.8. The van der Waals surface area contributed by atoms with Crippen LogP contribution >= 0.6 is 34.9 Å². The molecule has 23 heavy (non-hydrogen) atoms. The predicted octanol–water partition coefficient (Wildman–Crippen LogP) is 4.40. The summed E-state index contributed by atoms with van der Waals surface area (Å²) in [6, 6.07) is 10.2. The van der Waals surface area contributed by atoms with E-state index in [1.807, 2.05) is 18.2 Å². The maximum atomic E-state index is 12.2. The number of carbonyl (C=O) groups is 1. The third-order valence-electron chi connectivity index (χ3n) is 3.10. The first kappa shape index (κ1) is 18.3. The van der Waals surface area contributed by atoms with Crippen molar-refractivity contribution in [2.24, 2.45) is 0 Å². The average Bonchev–Trinajstić information content (AvgIpc) is 3.01. The summed E-state index contributed by atoms with van der Waals surface area (Å²) >= 11 is 4.67. The largest absolute Gasteiger partial charge is 0.349 e. The van der Waals surface area contributed by atoms with E-state index in [4.69, 9.17) is 0 Å². The molecule has 124 valence electrons. The number of benzene rings is 1. The van der Waals surface area contributed by atoms with Crippen LogP contribution in [-0.2, 0) is 4.79 Å². The lowest BCUT2D eigenvalue weighted by molar-refractivity contribution is -0.119. The summed E-state index contributed by atoms with van der Waals surface area (Å²) in [4.78, 5) is 12.2. The van der Waals surface area contributed by atoms with Crippen LogP contribution < -0.4 is 5.32 Å². The van der Waals surface area contributed by atoms with Gasteiger partial charge in [0.15, 0.2) is 8.68 Å². The summed E-state index contributed by atoms with van der Waals surface area (Å²) in [6.45, 7) is 4.22. The monoisotopic (exact) mass is 367 g/mol. The van der Waals surface area contributed by atoms with Gasteiger partial charge in [0.25, 0.3) is 0 Å². The third kappa shape index (κ3) is 6.16. The lowest BCUT2D eigenvalue weighted by Gasteiger charge is -2.18. The smallest absolute Gasteiger partial charge is 0.230 e. The molecule has 0 aliphatic heterocycles. The SMILES string of the molecule is CCC[C@H](NC(=O)CSc1nnc(SCC)s1)c1ccccc1. The molecule has 0 aliphatic rings. The maximum absolute atomic E-state index is 12.2. The highest BCUT2D eigenvalue weighted by Crippen LogP contribution is 2.28. The molecule has 0 bridgehead atoms. The van der Waals surface area contributed by atoms with Gasteiger partial charge in [-0.15, -0.1) is 10.2 Å². The molecular weight excluding hydrogens is 346 g/mol.